The zero-order valence-corrected chi connectivity index (χ0v) is 26.3. The number of fused-ring (bicyclic) bond motifs is 13. The summed E-state index contributed by atoms with van der Waals surface area (Å²) in [4.78, 5) is 10.6. The highest BCUT2D eigenvalue weighted by Gasteiger charge is 2.51. The van der Waals surface area contributed by atoms with E-state index in [1.165, 1.54) is 33.0 Å². The molecule has 11 rings (SSSR count). The highest BCUT2D eigenvalue weighted by atomic mass is 16.5. The summed E-state index contributed by atoms with van der Waals surface area (Å²) in [6.45, 7) is 0. The molecular weight excluding hydrogens is 599 g/mol. The largest absolute Gasteiger partial charge is 0.457 e. The first-order chi connectivity index (χ1) is 24.3. The van der Waals surface area contributed by atoms with Crippen molar-refractivity contribution in [1.82, 2.24) is 14.5 Å². The van der Waals surface area contributed by atoms with Crippen molar-refractivity contribution in [2.24, 2.45) is 0 Å². The summed E-state index contributed by atoms with van der Waals surface area (Å²) < 4.78 is 8.91. The predicted molar refractivity (Wildman–Crippen MR) is 197 cm³/mol. The van der Waals surface area contributed by atoms with Gasteiger partial charge in [-0.1, -0.05) is 121 Å². The lowest BCUT2D eigenvalue weighted by Crippen LogP contribution is -2.32. The summed E-state index contributed by atoms with van der Waals surface area (Å²) in [5.74, 6) is 2.61. The molecule has 0 radical (unpaired) electrons. The van der Waals surface area contributed by atoms with Crippen LogP contribution in [-0.4, -0.2) is 14.5 Å². The van der Waals surface area contributed by atoms with Crippen molar-refractivity contribution in [3.05, 3.63) is 186 Å². The van der Waals surface area contributed by atoms with Gasteiger partial charge in [-0.3, -0.25) is 4.57 Å². The highest BCUT2D eigenvalue weighted by Crippen LogP contribution is 2.62. The minimum Gasteiger partial charge on any atom is -0.457 e. The Hall–Kier alpha value is -6.52. The number of hydrogen-bond donors (Lipinski definition) is 0. The standard InChI is InChI=1S/C45H27N3O/c1-2-14-28(15-3-1)43-44(47-38-22-10-9-21-37(38)46-43)48-39-23-11-5-17-30(39)32-26-36-31(27-40(32)48)29-16-4-6-18-33(29)45(36)34-19-7-12-24-41(34)49-42-25-13-8-20-35(42)45/h1-27H. The van der Waals surface area contributed by atoms with E-state index in [2.05, 4.69) is 138 Å². The fraction of sp³-hybridized carbons (Fsp3) is 0.0222. The molecule has 0 saturated heterocycles. The SMILES string of the molecule is c1ccc(-c2nc3ccccc3nc2-n2c3ccccc3c3cc4c(cc32)-c2ccccc2C42c3ccccc3Oc3ccccc32)cc1. The van der Waals surface area contributed by atoms with Gasteiger partial charge in [-0.05, 0) is 64.7 Å². The smallest absolute Gasteiger partial charge is 0.165 e. The number of nitrogens with zero attached hydrogens (tertiary/aromatic N) is 3. The molecule has 4 heteroatoms. The average Bonchev–Trinajstić information content (AvgIpc) is 3.64. The average molecular weight is 626 g/mol. The number of hydrogen-bond acceptors (Lipinski definition) is 3. The maximum absolute atomic E-state index is 6.58. The van der Waals surface area contributed by atoms with E-state index in [9.17, 15) is 0 Å². The van der Waals surface area contributed by atoms with Gasteiger partial charge in [-0.15, -0.1) is 0 Å². The van der Waals surface area contributed by atoms with E-state index in [0.29, 0.717) is 0 Å². The first kappa shape index (κ1) is 26.5. The van der Waals surface area contributed by atoms with E-state index in [1.54, 1.807) is 0 Å². The van der Waals surface area contributed by atoms with Gasteiger partial charge in [0.25, 0.3) is 0 Å². The van der Waals surface area contributed by atoms with Crippen LogP contribution in [0.2, 0.25) is 0 Å². The molecule has 2 aliphatic rings. The number of benzene rings is 7. The number of para-hydroxylation sites is 5. The molecule has 9 aromatic rings. The summed E-state index contributed by atoms with van der Waals surface area (Å²) in [7, 11) is 0. The highest BCUT2D eigenvalue weighted by molar-refractivity contribution is 6.12. The lowest BCUT2D eigenvalue weighted by Gasteiger charge is -2.39. The van der Waals surface area contributed by atoms with Crippen molar-refractivity contribution < 1.29 is 4.74 Å². The second kappa shape index (κ2) is 9.75. The van der Waals surface area contributed by atoms with Crippen LogP contribution in [0.5, 0.6) is 11.5 Å². The number of ether oxygens (including phenoxy) is 1. The Kier molecular flexibility index (Phi) is 5.28. The Morgan fingerprint density at radius 1 is 0.449 bits per heavy atom. The minimum atomic E-state index is -0.535. The molecule has 0 fully saturated rings. The van der Waals surface area contributed by atoms with Gasteiger partial charge in [0.2, 0.25) is 0 Å². The molecule has 4 nitrogen and oxygen atoms in total. The van der Waals surface area contributed by atoms with Crippen LogP contribution in [0.1, 0.15) is 22.3 Å². The second-order valence-corrected chi connectivity index (χ2v) is 12.9. The summed E-state index contributed by atoms with van der Waals surface area (Å²) in [5, 5.41) is 2.35. The van der Waals surface area contributed by atoms with Crippen molar-refractivity contribution >= 4 is 32.8 Å². The Bertz CT molecular complexity index is 2770. The normalized spacial score (nSPS) is 13.6. The molecule has 0 N–H and O–H groups in total. The van der Waals surface area contributed by atoms with Gasteiger partial charge in [-0.2, -0.15) is 0 Å². The summed E-state index contributed by atoms with van der Waals surface area (Å²) >= 11 is 0. The molecule has 0 amide bonds. The Labute approximate surface area is 282 Å². The predicted octanol–water partition coefficient (Wildman–Crippen LogP) is 10.9. The molecule has 1 aliphatic carbocycles. The van der Waals surface area contributed by atoms with Gasteiger partial charge in [0, 0.05) is 27.5 Å². The van der Waals surface area contributed by atoms with E-state index in [0.717, 1.165) is 61.8 Å². The maximum Gasteiger partial charge on any atom is 0.165 e. The first-order valence-corrected chi connectivity index (χ1v) is 16.7. The molecule has 49 heavy (non-hydrogen) atoms. The third kappa shape index (κ3) is 3.47. The minimum absolute atomic E-state index is 0.535. The summed E-state index contributed by atoms with van der Waals surface area (Å²) in [6.07, 6.45) is 0. The maximum atomic E-state index is 6.58. The topological polar surface area (TPSA) is 39.9 Å². The molecule has 0 unspecified atom stereocenters. The molecular formula is C45H27N3O. The monoisotopic (exact) mass is 625 g/mol. The van der Waals surface area contributed by atoms with E-state index in [1.807, 2.05) is 30.3 Å². The van der Waals surface area contributed by atoms with E-state index >= 15 is 0 Å². The lowest BCUT2D eigenvalue weighted by molar-refractivity contribution is 0.436. The van der Waals surface area contributed by atoms with Gasteiger partial charge in [0.15, 0.2) is 5.82 Å². The fourth-order valence-corrected chi connectivity index (χ4v) is 8.48. The molecule has 0 atom stereocenters. The molecule has 2 aromatic heterocycles. The molecule has 228 valence electrons. The van der Waals surface area contributed by atoms with Crippen molar-refractivity contribution in [2.45, 2.75) is 5.41 Å². The van der Waals surface area contributed by atoms with Crippen LogP contribution < -0.4 is 4.74 Å². The third-order valence-corrected chi connectivity index (χ3v) is 10.5. The molecule has 1 aliphatic heterocycles. The van der Waals surface area contributed by atoms with Gasteiger partial charge in [0.05, 0.1) is 27.5 Å². The summed E-state index contributed by atoms with van der Waals surface area (Å²) in [6, 6.07) is 58.0. The quantitative estimate of drug-likeness (QED) is 0.192. The van der Waals surface area contributed by atoms with Crippen molar-refractivity contribution in [2.75, 3.05) is 0 Å². The van der Waals surface area contributed by atoms with Crippen molar-refractivity contribution in [3.8, 4) is 39.7 Å². The van der Waals surface area contributed by atoms with Crippen LogP contribution in [0.15, 0.2) is 164 Å². The zero-order valence-electron chi connectivity index (χ0n) is 26.3. The lowest BCUT2D eigenvalue weighted by atomic mass is 9.66. The molecule has 1 spiro atoms. The Morgan fingerprint density at radius 3 is 1.84 bits per heavy atom. The van der Waals surface area contributed by atoms with Crippen LogP contribution in [0.4, 0.5) is 0 Å². The van der Waals surface area contributed by atoms with Crippen molar-refractivity contribution in [1.29, 1.82) is 0 Å². The molecule has 0 saturated carbocycles. The summed E-state index contributed by atoms with van der Waals surface area (Å²) in [5.41, 5.74) is 12.6. The molecule has 7 aromatic carbocycles. The van der Waals surface area contributed by atoms with Crippen LogP contribution in [0.25, 0.3) is 61.0 Å². The second-order valence-electron chi connectivity index (χ2n) is 12.9. The van der Waals surface area contributed by atoms with Gasteiger partial charge < -0.3 is 4.74 Å². The van der Waals surface area contributed by atoms with Crippen LogP contribution in [0.3, 0.4) is 0 Å². The zero-order chi connectivity index (χ0) is 32.1. The van der Waals surface area contributed by atoms with Crippen LogP contribution in [0, 0.1) is 0 Å². The molecule has 0 bridgehead atoms. The Morgan fingerprint density at radius 2 is 1.06 bits per heavy atom. The van der Waals surface area contributed by atoms with Crippen molar-refractivity contribution in [3.63, 3.8) is 0 Å². The van der Waals surface area contributed by atoms with Gasteiger partial charge in [0.1, 0.15) is 17.2 Å². The van der Waals surface area contributed by atoms with E-state index in [-0.39, 0.29) is 0 Å². The molecule has 3 heterocycles. The fourth-order valence-electron chi connectivity index (χ4n) is 8.48. The van der Waals surface area contributed by atoms with Crippen LogP contribution >= 0.6 is 0 Å². The third-order valence-electron chi connectivity index (χ3n) is 10.5. The van der Waals surface area contributed by atoms with Gasteiger partial charge in [-0.25, -0.2) is 9.97 Å². The van der Waals surface area contributed by atoms with Gasteiger partial charge >= 0.3 is 0 Å². The van der Waals surface area contributed by atoms with E-state index < -0.39 is 5.41 Å². The first-order valence-electron chi connectivity index (χ1n) is 16.7. The van der Waals surface area contributed by atoms with E-state index in [4.69, 9.17) is 14.7 Å². The number of aromatic nitrogens is 3. The Balaban J connectivity index is 1.30. The van der Waals surface area contributed by atoms with Crippen LogP contribution in [-0.2, 0) is 5.41 Å². The number of rotatable bonds is 2.